The van der Waals surface area contributed by atoms with E-state index in [9.17, 15) is 0 Å². The van der Waals surface area contributed by atoms with E-state index in [4.69, 9.17) is 0 Å². The Morgan fingerprint density at radius 3 is 2.80 bits per heavy atom. The predicted molar refractivity (Wildman–Crippen MR) is 61.7 cm³/mol. The molecule has 4 nitrogen and oxygen atoms in total. The zero-order valence-electron chi connectivity index (χ0n) is 10.0. The average Bonchev–Trinajstić information content (AvgIpc) is 2.63. The second-order valence-corrected chi connectivity index (χ2v) is 3.85. The van der Waals surface area contributed by atoms with E-state index in [0.717, 1.165) is 18.8 Å². The number of hydrogen-bond acceptors (Lipinski definition) is 3. The highest BCUT2D eigenvalue weighted by molar-refractivity contribution is 4.83. The molecule has 0 amide bonds. The van der Waals surface area contributed by atoms with Crippen LogP contribution in [0.1, 0.15) is 38.9 Å². The van der Waals surface area contributed by atoms with Gasteiger partial charge in [0, 0.05) is 19.5 Å². The summed E-state index contributed by atoms with van der Waals surface area (Å²) in [5.41, 5.74) is 0. The van der Waals surface area contributed by atoms with E-state index in [1.165, 1.54) is 19.3 Å². The van der Waals surface area contributed by atoms with Crippen molar-refractivity contribution < 1.29 is 0 Å². The summed E-state index contributed by atoms with van der Waals surface area (Å²) in [5.74, 6) is 1.08. The summed E-state index contributed by atoms with van der Waals surface area (Å²) < 4.78 is 1.86. The van der Waals surface area contributed by atoms with Crippen LogP contribution in [0.5, 0.6) is 0 Å². The number of nitrogens with one attached hydrogen (secondary N) is 1. The lowest BCUT2D eigenvalue weighted by Gasteiger charge is -2.14. The monoisotopic (exact) mass is 210 g/mol. The van der Waals surface area contributed by atoms with Gasteiger partial charge < -0.3 is 5.32 Å². The van der Waals surface area contributed by atoms with Gasteiger partial charge in [0.25, 0.3) is 0 Å². The van der Waals surface area contributed by atoms with E-state index in [2.05, 4.69) is 29.2 Å². The van der Waals surface area contributed by atoms with Crippen LogP contribution >= 0.6 is 0 Å². The second-order valence-electron chi connectivity index (χ2n) is 3.85. The van der Waals surface area contributed by atoms with Gasteiger partial charge in [-0.3, -0.25) is 4.68 Å². The van der Waals surface area contributed by atoms with Gasteiger partial charge in [-0.1, -0.05) is 13.8 Å². The van der Waals surface area contributed by atoms with Gasteiger partial charge in [-0.2, -0.15) is 5.10 Å². The fourth-order valence-corrected chi connectivity index (χ4v) is 1.79. The number of hydrogen-bond donors (Lipinski definition) is 1. The third-order valence-corrected chi connectivity index (χ3v) is 2.74. The Labute approximate surface area is 92.1 Å². The number of aromatic nitrogens is 3. The van der Waals surface area contributed by atoms with Crippen LogP contribution in [0.4, 0.5) is 0 Å². The van der Waals surface area contributed by atoms with Gasteiger partial charge in [-0.05, 0) is 25.8 Å². The molecule has 1 aromatic heterocycles. The Hall–Kier alpha value is -0.900. The molecule has 1 aromatic rings. The van der Waals surface area contributed by atoms with Crippen molar-refractivity contribution in [3.05, 3.63) is 12.2 Å². The lowest BCUT2D eigenvalue weighted by atomic mass is 10.1. The minimum absolute atomic E-state index is 0.656. The van der Waals surface area contributed by atoms with Gasteiger partial charge in [0.1, 0.15) is 12.2 Å². The van der Waals surface area contributed by atoms with E-state index >= 15 is 0 Å². The van der Waals surface area contributed by atoms with Crippen molar-refractivity contribution in [2.45, 2.75) is 45.6 Å². The van der Waals surface area contributed by atoms with Crippen molar-refractivity contribution in [2.75, 3.05) is 6.54 Å². The smallest absolute Gasteiger partial charge is 0.138 e. The molecular formula is C11H22N4. The molecule has 1 atom stereocenters. The van der Waals surface area contributed by atoms with Crippen LogP contribution in [-0.2, 0) is 13.5 Å². The Morgan fingerprint density at radius 2 is 2.27 bits per heavy atom. The van der Waals surface area contributed by atoms with Gasteiger partial charge in [0.15, 0.2) is 0 Å². The normalized spacial score (nSPS) is 13.0. The molecule has 0 saturated heterocycles. The highest BCUT2D eigenvalue weighted by Gasteiger charge is 2.05. The summed E-state index contributed by atoms with van der Waals surface area (Å²) in [4.78, 5) is 4.22. The molecule has 1 rings (SSSR count). The standard InChI is InChI=1S/C11H22N4/c1-4-10(12-5-2)7-6-8-11-13-9-14-15(11)3/h9-10,12H,4-8H2,1-3H3. The zero-order valence-corrected chi connectivity index (χ0v) is 10.0. The number of rotatable bonds is 7. The van der Waals surface area contributed by atoms with Crippen LogP contribution in [0.3, 0.4) is 0 Å². The van der Waals surface area contributed by atoms with Crippen molar-refractivity contribution in [3.63, 3.8) is 0 Å². The van der Waals surface area contributed by atoms with Crippen molar-refractivity contribution >= 4 is 0 Å². The van der Waals surface area contributed by atoms with Crippen LogP contribution in [0.25, 0.3) is 0 Å². The maximum atomic E-state index is 4.22. The highest BCUT2D eigenvalue weighted by atomic mass is 15.3. The summed E-state index contributed by atoms with van der Waals surface area (Å²) in [6.07, 6.45) is 6.25. The topological polar surface area (TPSA) is 42.7 Å². The van der Waals surface area contributed by atoms with Crippen LogP contribution in [0.2, 0.25) is 0 Å². The van der Waals surface area contributed by atoms with E-state index in [-0.39, 0.29) is 0 Å². The molecule has 0 radical (unpaired) electrons. The molecule has 0 aliphatic rings. The third kappa shape index (κ3) is 4.00. The van der Waals surface area contributed by atoms with Crippen molar-refractivity contribution in [1.82, 2.24) is 20.1 Å². The summed E-state index contributed by atoms with van der Waals surface area (Å²) in [7, 11) is 1.95. The fourth-order valence-electron chi connectivity index (χ4n) is 1.79. The largest absolute Gasteiger partial charge is 0.314 e. The van der Waals surface area contributed by atoms with E-state index in [1.807, 2.05) is 11.7 Å². The minimum atomic E-state index is 0.656. The Morgan fingerprint density at radius 1 is 1.47 bits per heavy atom. The average molecular weight is 210 g/mol. The molecule has 0 fully saturated rings. The molecule has 1 heterocycles. The van der Waals surface area contributed by atoms with E-state index in [1.54, 1.807) is 6.33 Å². The maximum Gasteiger partial charge on any atom is 0.138 e. The lowest BCUT2D eigenvalue weighted by molar-refractivity contribution is 0.462. The van der Waals surface area contributed by atoms with Gasteiger partial charge in [-0.15, -0.1) is 0 Å². The lowest BCUT2D eigenvalue weighted by Crippen LogP contribution is -2.28. The molecule has 0 aromatic carbocycles. The molecule has 0 saturated carbocycles. The van der Waals surface area contributed by atoms with Gasteiger partial charge in [-0.25, -0.2) is 4.98 Å². The zero-order chi connectivity index (χ0) is 11.1. The summed E-state index contributed by atoms with van der Waals surface area (Å²) in [5, 5.41) is 7.54. The number of nitrogens with zero attached hydrogens (tertiary/aromatic N) is 3. The Balaban J connectivity index is 2.23. The summed E-state index contributed by atoms with van der Waals surface area (Å²) in [6.45, 7) is 5.45. The quantitative estimate of drug-likeness (QED) is 0.742. The van der Waals surface area contributed by atoms with Gasteiger partial charge in [0.05, 0.1) is 0 Å². The molecule has 0 spiro atoms. The maximum absolute atomic E-state index is 4.22. The first-order valence-electron chi connectivity index (χ1n) is 5.84. The molecule has 1 N–H and O–H groups in total. The Bertz CT molecular complexity index is 269. The molecule has 0 aliphatic heterocycles. The number of aryl methyl sites for hydroxylation is 2. The van der Waals surface area contributed by atoms with Crippen molar-refractivity contribution in [3.8, 4) is 0 Å². The van der Waals surface area contributed by atoms with Crippen molar-refractivity contribution in [1.29, 1.82) is 0 Å². The third-order valence-electron chi connectivity index (χ3n) is 2.74. The predicted octanol–water partition coefficient (Wildman–Crippen LogP) is 1.53. The Kier molecular flexibility index (Phi) is 5.32. The van der Waals surface area contributed by atoms with Crippen molar-refractivity contribution in [2.24, 2.45) is 7.05 Å². The molecule has 0 bridgehead atoms. The minimum Gasteiger partial charge on any atom is -0.314 e. The molecule has 4 heteroatoms. The van der Waals surface area contributed by atoms with Crippen LogP contribution < -0.4 is 5.32 Å². The molecule has 0 aliphatic carbocycles. The van der Waals surface area contributed by atoms with Crippen LogP contribution in [0, 0.1) is 0 Å². The molecular weight excluding hydrogens is 188 g/mol. The SMILES string of the molecule is CCNC(CC)CCCc1ncnn1C. The molecule has 86 valence electrons. The van der Waals surface area contributed by atoms with Crippen LogP contribution in [-0.4, -0.2) is 27.4 Å². The van der Waals surface area contributed by atoms with Crippen LogP contribution in [0.15, 0.2) is 6.33 Å². The first kappa shape index (κ1) is 12.2. The fraction of sp³-hybridized carbons (Fsp3) is 0.818. The first-order chi connectivity index (χ1) is 7.27. The van der Waals surface area contributed by atoms with Gasteiger partial charge >= 0.3 is 0 Å². The molecule has 15 heavy (non-hydrogen) atoms. The highest BCUT2D eigenvalue weighted by Crippen LogP contribution is 2.05. The molecule has 1 unspecified atom stereocenters. The van der Waals surface area contributed by atoms with E-state index in [0.29, 0.717) is 6.04 Å². The summed E-state index contributed by atoms with van der Waals surface area (Å²) >= 11 is 0. The van der Waals surface area contributed by atoms with E-state index < -0.39 is 0 Å². The second kappa shape index (κ2) is 6.56. The first-order valence-corrected chi connectivity index (χ1v) is 5.84. The summed E-state index contributed by atoms with van der Waals surface area (Å²) in [6, 6.07) is 0.656. The van der Waals surface area contributed by atoms with Gasteiger partial charge in [0.2, 0.25) is 0 Å².